The van der Waals surface area contributed by atoms with Crippen LogP contribution < -0.4 is 5.73 Å². The highest BCUT2D eigenvalue weighted by Crippen LogP contribution is 2.43. The van der Waals surface area contributed by atoms with Crippen LogP contribution in [0.4, 0.5) is 0 Å². The van der Waals surface area contributed by atoms with Crippen LogP contribution in [0.15, 0.2) is 24.3 Å². The summed E-state index contributed by atoms with van der Waals surface area (Å²) in [7, 11) is -4.37. The number of carbonyl (C=O) groups excluding carboxylic acids is 2. The predicted octanol–water partition coefficient (Wildman–Crippen LogP) is 12.4. The number of hydrogen-bond donors (Lipinski definition) is 2. The highest BCUT2D eigenvalue weighted by molar-refractivity contribution is 7.47. The minimum absolute atomic E-state index is 0.0530. The Morgan fingerprint density at radius 3 is 1.36 bits per heavy atom. The van der Waals surface area contributed by atoms with E-state index in [1.807, 2.05) is 0 Å². The van der Waals surface area contributed by atoms with Crippen LogP contribution in [0, 0.1) is 0 Å². The first-order valence-electron chi connectivity index (χ1n) is 21.8. The molecule has 0 aromatic carbocycles. The maximum atomic E-state index is 12.6. The maximum Gasteiger partial charge on any atom is 0.472 e. The van der Waals surface area contributed by atoms with Gasteiger partial charge in [0.25, 0.3) is 0 Å². The molecule has 0 aromatic rings. The summed E-state index contributed by atoms with van der Waals surface area (Å²) < 4.78 is 32.8. The zero-order valence-corrected chi connectivity index (χ0v) is 35.2. The highest BCUT2D eigenvalue weighted by Gasteiger charge is 2.26. The van der Waals surface area contributed by atoms with Gasteiger partial charge in [0.2, 0.25) is 0 Å². The molecule has 0 amide bonds. The van der Waals surface area contributed by atoms with Gasteiger partial charge in [-0.3, -0.25) is 18.6 Å². The second kappa shape index (κ2) is 40.2. The van der Waals surface area contributed by atoms with Gasteiger partial charge in [0, 0.05) is 19.4 Å². The van der Waals surface area contributed by atoms with Gasteiger partial charge in [0.1, 0.15) is 6.61 Å². The Morgan fingerprint density at radius 1 is 0.547 bits per heavy atom. The average Bonchev–Trinajstić information content (AvgIpc) is 3.14. The number of rotatable bonds is 41. The molecule has 0 spiro atoms. The smallest absolute Gasteiger partial charge is 0.462 e. The van der Waals surface area contributed by atoms with E-state index in [1.54, 1.807) is 0 Å². The van der Waals surface area contributed by atoms with Crippen LogP contribution in [0.1, 0.15) is 206 Å². The molecule has 10 heteroatoms. The van der Waals surface area contributed by atoms with Crippen molar-refractivity contribution in [2.45, 2.75) is 213 Å². The van der Waals surface area contributed by atoms with Gasteiger partial charge in [-0.15, -0.1) is 0 Å². The van der Waals surface area contributed by atoms with E-state index in [0.717, 1.165) is 57.8 Å². The number of hydrogen-bond acceptors (Lipinski definition) is 8. The van der Waals surface area contributed by atoms with Crippen LogP contribution >= 0.6 is 7.82 Å². The van der Waals surface area contributed by atoms with E-state index >= 15 is 0 Å². The number of phosphoric ester groups is 1. The van der Waals surface area contributed by atoms with E-state index in [4.69, 9.17) is 24.3 Å². The summed E-state index contributed by atoms with van der Waals surface area (Å²) in [6, 6.07) is 0. The first-order chi connectivity index (χ1) is 25.8. The lowest BCUT2D eigenvalue weighted by Crippen LogP contribution is -2.29. The Hall–Kier alpha value is -1.51. The predicted molar refractivity (Wildman–Crippen MR) is 220 cm³/mol. The summed E-state index contributed by atoms with van der Waals surface area (Å²) >= 11 is 0. The third kappa shape index (κ3) is 40.0. The Bertz CT molecular complexity index is 928. The standard InChI is InChI=1S/C43H82NO8P/c1-3-5-7-9-11-13-15-17-19-20-22-24-26-28-30-32-34-36-43(46)52-41(40-51-53(47,48)50-38-37-44)39-49-42(45)35-33-31-29-27-25-23-21-18-16-14-12-10-8-6-4-2/h13,15,18,21,41H,3-12,14,16-17,19-20,22-40,44H2,1-2H3,(H,47,48)/b15-13+,21-18+/t41-/m1/s1. The number of esters is 2. The summed E-state index contributed by atoms with van der Waals surface area (Å²) in [6.45, 7) is 3.72. The minimum atomic E-state index is -4.37. The van der Waals surface area contributed by atoms with Crippen molar-refractivity contribution in [2.24, 2.45) is 5.73 Å². The van der Waals surface area contributed by atoms with Gasteiger partial charge in [0.05, 0.1) is 13.2 Å². The number of unbranched alkanes of at least 4 members (excludes halogenated alkanes) is 24. The van der Waals surface area contributed by atoms with E-state index in [9.17, 15) is 19.0 Å². The van der Waals surface area contributed by atoms with Gasteiger partial charge in [-0.05, 0) is 64.2 Å². The van der Waals surface area contributed by atoms with Crippen LogP contribution in [-0.4, -0.2) is 49.3 Å². The summed E-state index contributed by atoms with van der Waals surface area (Å²) in [5.41, 5.74) is 5.35. The Morgan fingerprint density at radius 2 is 0.925 bits per heavy atom. The van der Waals surface area contributed by atoms with Crippen molar-refractivity contribution in [3.63, 3.8) is 0 Å². The largest absolute Gasteiger partial charge is 0.472 e. The van der Waals surface area contributed by atoms with Crippen molar-refractivity contribution < 1.29 is 37.6 Å². The van der Waals surface area contributed by atoms with E-state index in [1.165, 1.54) is 116 Å². The molecular weight excluding hydrogens is 689 g/mol. The van der Waals surface area contributed by atoms with E-state index in [-0.39, 0.29) is 38.6 Å². The summed E-state index contributed by atoms with van der Waals surface area (Å²) in [5, 5.41) is 0. The molecule has 0 rings (SSSR count). The molecule has 312 valence electrons. The lowest BCUT2D eigenvalue weighted by Gasteiger charge is -2.19. The van der Waals surface area contributed by atoms with Crippen molar-refractivity contribution in [1.29, 1.82) is 0 Å². The van der Waals surface area contributed by atoms with Crippen LogP contribution in [0.25, 0.3) is 0 Å². The number of phosphoric acid groups is 1. The van der Waals surface area contributed by atoms with Crippen LogP contribution in [0.2, 0.25) is 0 Å². The second-order valence-electron chi connectivity index (χ2n) is 14.6. The molecule has 0 radical (unpaired) electrons. The first kappa shape index (κ1) is 51.5. The Balaban J connectivity index is 4.15. The van der Waals surface area contributed by atoms with E-state index in [2.05, 4.69) is 38.2 Å². The molecule has 53 heavy (non-hydrogen) atoms. The summed E-state index contributed by atoms with van der Waals surface area (Å²) in [5.74, 6) is -0.835. The molecule has 0 fully saturated rings. The van der Waals surface area contributed by atoms with Gasteiger partial charge < -0.3 is 20.1 Å². The molecule has 0 saturated carbocycles. The first-order valence-corrected chi connectivity index (χ1v) is 23.3. The molecule has 0 bridgehead atoms. The van der Waals surface area contributed by atoms with Gasteiger partial charge in [-0.2, -0.15) is 0 Å². The summed E-state index contributed by atoms with van der Waals surface area (Å²) in [6.07, 6.45) is 42.0. The van der Waals surface area contributed by atoms with Crippen molar-refractivity contribution >= 4 is 19.8 Å². The van der Waals surface area contributed by atoms with Gasteiger partial charge >= 0.3 is 19.8 Å². The highest BCUT2D eigenvalue weighted by atomic mass is 31.2. The third-order valence-corrected chi connectivity index (χ3v) is 10.3. The number of ether oxygens (including phenoxy) is 2. The van der Waals surface area contributed by atoms with Crippen molar-refractivity contribution in [3.8, 4) is 0 Å². The van der Waals surface area contributed by atoms with Crippen molar-refractivity contribution in [3.05, 3.63) is 24.3 Å². The maximum absolute atomic E-state index is 12.6. The van der Waals surface area contributed by atoms with Crippen molar-refractivity contribution in [2.75, 3.05) is 26.4 Å². The summed E-state index contributed by atoms with van der Waals surface area (Å²) in [4.78, 5) is 34.9. The lowest BCUT2D eigenvalue weighted by atomic mass is 10.1. The normalized spacial score (nSPS) is 13.5. The molecule has 3 N–H and O–H groups in total. The van der Waals surface area contributed by atoms with Crippen LogP contribution in [-0.2, 0) is 32.7 Å². The lowest BCUT2D eigenvalue weighted by molar-refractivity contribution is -0.161. The SMILES string of the molecule is CCCCCC/C=C/CCCCCCCCCCCC(=O)O[C@H](COC(=O)CCCCCCC/C=C/CCCCCCCC)COP(=O)(O)OCCN. The molecule has 0 aliphatic carbocycles. The molecule has 0 aliphatic rings. The molecule has 0 heterocycles. The topological polar surface area (TPSA) is 134 Å². The van der Waals surface area contributed by atoms with Crippen LogP contribution in [0.5, 0.6) is 0 Å². The molecular formula is C43H82NO8P. The van der Waals surface area contributed by atoms with Gasteiger partial charge in [-0.25, -0.2) is 4.57 Å². The minimum Gasteiger partial charge on any atom is -0.462 e. The molecule has 0 saturated heterocycles. The second-order valence-corrected chi connectivity index (χ2v) is 16.0. The number of carbonyl (C=O) groups is 2. The monoisotopic (exact) mass is 772 g/mol. The molecule has 2 atom stereocenters. The van der Waals surface area contributed by atoms with Crippen molar-refractivity contribution in [1.82, 2.24) is 0 Å². The Labute approximate surface area is 325 Å². The quantitative estimate of drug-likeness (QED) is 0.0269. The average molecular weight is 772 g/mol. The zero-order valence-electron chi connectivity index (χ0n) is 34.3. The number of allylic oxidation sites excluding steroid dienone is 4. The van der Waals surface area contributed by atoms with Gasteiger partial charge in [0.15, 0.2) is 6.10 Å². The van der Waals surface area contributed by atoms with Gasteiger partial charge in [-0.1, -0.05) is 154 Å². The molecule has 1 unspecified atom stereocenters. The zero-order chi connectivity index (χ0) is 38.9. The third-order valence-electron chi connectivity index (χ3n) is 9.31. The fourth-order valence-corrected chi connectivity index (χ4v) is 6.80. The fourth-order valence-electron chi connectivity index (χ4n) is 6.04. The fraction of sp³-hybridized carbons (Fsp3) is 0.860. The molecule has 0 aromatic heterocycles. The van der Waals surface area contributed by atoms with E-state index < -0.39 is 26.5 Å². The van der Waals surface area contributed by atoms with E-state index in [0.29, 0.717) is 6.42 Å². The van der Waals surface area contributed by atoms with Crippen LogP contribution in [0.3, 0.4) is 0 Å². The number of nitrogens with two attached hydrogens (primary N) is 1. The molecule has 0 aliphatic heterocycles. The molecule has 9 nitrogen and oxygen atoms in total. The Kier molecular flexibility index (Phi) is 39.0.